The van der Waals surface area contributed by atoms with Crippen molar-refractivity contribution in [2.75, 3.05) is 5.75 Å². The fourth-order valence-electron chi connectivity index (χ4n) is 1.60. The van der Waals surface area contributed by atoms with Gasteiger partial charge in [-0.3, -0.25) is 0 Å². The van der Waals surface area contributed by atoms with Crippen LogP contribution in [0.3, 0.4) is 0 Å². The molecule has 0 amide bonds. The summed E-state index contributed by atoms with van der Waals surface area (Å²) < 4.78 is -1.65. The maximum absolute atomic E-state index is 5.83. The van der Waals surface area contributed by atoms with Gasteiger partial charge in [0.2, 0.25) is 3.79 Å². The van der Waals surface area contributed by atoms with Crippen LogP contribution < -0.4 is 0 Å². The van der Waals surface area contributed by atoms with Gasteiger partial charge in [-0.15, -0.1) is 11.8 Å². The molecule has 1 heterocycles. The van der Waals surface area contributed by atoms with Crippen LogP contribution in [-0.4, -0.2) is 20.7 Å². The lowest BCUT2D eigenvalue weighted by molar-refractivity contribution is 0.884. The van der Waals surface area contributed by atoms with Crippen molar-refractivity contribution in [1.29, 1.82) is 0 Å². The zero-order valence-corrected chi connectivity index (χ0v) is 14.0. The van der Waals surface area contributed by atoms with E-state index in [-0.39, 0.29) is 5.82 Å². The highest BCUT2D eigenvalue weighted by Crippen LogP contribution is 2.36. The molecule has 2 aromatic rings. The topological polar surface area (TPSA) is 38.7 Å². The predicted molar refractivity (Wildman–Crippen MR) is 85.6 cm³/mol. The number of aromatic nitrogens is 3. The summed E-state index contributed by atoms with van der Waals surface area (Å²) in [5.74, 6) is 2.19. The molecule has 20 heavy (non-hydrogen) atoms. The van der Waals surface area contributed by atoms with E-state index >= 15 is 0 Å². The van der Waals surface area contributed by atoms with E-state index in [2.05, 4.69) is 21.9 Å². The highest BCUT2D eigenvalue weighted by atomic mass is 35.6. The fourth-order valence-corrected chi connectivity index (χ4v) is 2.52. The van der Waals surface area contributed by atoms with E-state index in [9.17, 15) is 0 Å². The van der Waals surface area contributed by atoms with Crippen molar-refractivity contribution in [2.45, 2.75) is 22.5 Å². The molecule has 0 radical (unpaired) electrons. The highest BCUT2D eigenvalue weighted by Gasteiger charge is 2.27. The predicted octanol–water partition coefficient (Wildman–Crippen LogP) is 4.79. The van der Waals surface area contributed by atoms with Crippen molar-refractivity contribution in [3.8, 4) is 11.4 Å². The first-order valence-corrected chi connectivity index (χ1v) is 8.05. The molecule has 0 atom stereocenters. The third kappa shape index (κ3) is 3.98. The van der Waals surface area contributed by atoms with E-state index < -0.39 is 3.79 Å². The number of hydrogen-bond acceptors (Lipinski definition) is 4. The summed E-state index contributed by atoms with van der Waals surface area (Å²) in [6.07, 6.45) is 0. The number of halogens is 3. The lowest BCUT2D eigenvalue weighted by Crippen LogP contribution is -2.10. The zero-order valence-electron chi connectivity index (χ0n) is 10.9. The van der Waals surface area contributed by atoms with Crippen molar-refractivity contribution < 1.29 is 0 Å². The number of benzene rings is 1. The van der Waals surface area contributed by atoms with Crippen LogP contribution in [0, 0.1) is 6.92 Å². The van der Waals surface area contributed by atoms with Gasteiger partial charge >= 0.3 is 0 Å². The normalized spacial score (nSPS) is 11.7. The van der Waals surface area contributed by atoms with Gasteiger partial charge < -0.3 is 0 Å². The Bertz CT molecular complexity index is 597. The van der Waals surface area contributed by atoms with Crippen LogP contribution in [-0.2, 0) is 3.79 Å². The quantitative estimate of drug-likeness (QED) is 0.590. The molecule has 1 aromatic heterocycles. The molecule has 106 valence electrons. The van der Waals surface area contributed by atoms with E-state index in [1.165, 1.54) is 4.90 Å². The summed E-state index contributed by atoms with van der Waals surface area (Å²) in [6.45, 7) is 3.85. The highest BCUT2D eigenvalue weighted by molar-refractivity contribution is 7.99. The van der Waals surface area contributed by atoms with Gasteiger partial charge in [-0.2, -0.15) is 0 Å². The molecule has 0 saturated carbocycles. The summed E-state index contributed by atoms with van der Waals surface area (Å²) in [4.78, 5) is 13.8. The molecule has 0 N–H and O–H groups in total. The molecule has 0 fully saturated rings. The number of aryl methyl sites for hydroxylation is 1. The zero-order chi connectivity index (χ0) is 14.8. The van der Waals surface area contributed by atoms with Gasteiger partial charge in [-0.05, 0) is 24.8 Å². The smallest absolute Gasteiger partial charge is 0.214 e. The van der Waals surface area contributed by atoms with Gasteiger partial charge in [-0.1, -0.05) is 53.9 Å². The first-order valence-electron chi connectivity index (χ1n) is 5.93. The van der Waals surface area contributed by atoms with E-state index in [4.69, 9.17) is 34.8 Å². The summed E-state index contributed by atoms with van der Waals surface area (Å²) >= 11 is 19.3. The van der Waals surface area contributed by atoms with E-state index in [1.54, 1.807) is 18.7 Å². The SMILES string of the molecule is CCSc1ccc(-c2nc(C)nc(C(Cl)(Cl)Cl)n2)cc1. The third-order valence-corrected chi connectivity index (χ3v) is 3.83. The van der Waals surface area contributed by atoms with E-state index in [0.717, 1.165) is 11.3 Å². The largest absolute Gasteiger partial charge is 0.250 e. The number of thioether (sulfide) groups is 1. The Morgan fingerprint density at radius 1 is 1.05 bits per heavy atom. The average Bonchev–Trinajstić information content (AvgIpc) is 2.38. The van der Waals surface area contributed by atoms with Crippen molar-refractivity contribution >= 4 is 46.6 Å². The van der Waals surface area contributed by atoms with Gasteiger partial charge in [0.05, 0.1) is 0 Å². The number of hydrogen-bond donors (Lipinski definition) is 0. The van der Waals surface area contributed by atoms with Gasteiger partial charge in [0.25, 0.3) is 0 Å². The molecule has 0 aliphatic rings. The Morgan fingerprint density at radius 2 is 1.70 bits per heavy atom. The van der Waals surface area contributed by atoms with Gasteiger partial charge in [0.1, 0.15) is 5.82 Å². The monoisotopic (exact) mass is 347 g/mol. The summed E-state index contributed by atoms with van der Waals surface area (Å²) in [5, 5.41) is 0. The molecular weight excluding hydrogens is 337 g/mol. The van der Waals surface area contributed by atoms with Crippen LogP contribution in [0.4, 0.5) is 0 Å². The van der Waals surface area contributed by atoms with Crippen molar-refractivity contribution in [3.05, 3.63) is 35.9 Å². The maximum atomic E-state index is 5.83. The lowest BCUT2D eigenvalue weighted by Gasteiger charge is -2.11. The van der Waals surface area contributed by atoms with Crippen LogP contribution >= 0.6 is 46.6 Å². The van der Waals surface area contributed by atoms with Gasteiger partial charge in [-0.25, -0.2) is 15.0 Å². The molecule has 0 saturated heterocycles. The summed E-state index contributed by atoms with van der Waals surface area (Å²) in [6, 6.07) is 7.96. The number of nitrogens with zero attached hydrogens (tertiary/aromatic N) is 3. The minimum Gasteiger partial charge on any atom is -0.214 e. The molecule has 2 rings (SSSR count). The molecule has 0 aliphatic carbocycles. The Balaban J connectivity index is 2.39. The van der Waals surface area contributed by atoms with Crippen molar-refractivity contribution in [2.24, 2.45) is 0 Å². The van der Waals surface area contributed by atoms with Crippen LogP contribution in [0.15, 0.2) is 29.2 Å². The average molecular weight is 349 g/mol. The Morgan fingerprint density at radius 3 is 2.25 bits per heavy atom. The van der Waals surface area contributed by atoms with Crippen LogP contribution in [0.25, 0.3) is 11.4 Å². The van der Waals surface area contributed by atoms with Crippen molar-refractivity contribution in [1.82, 2.24) is 15.0 Å². The lowest BCUT2D eigenvalue weighted by atomic mass is 10.2. The van der Waals surface area contributed by atoms with Crippen LogP contribution in [0.5, 0.6) is 0 Å². The van der Waals surface area contributed by atoms with Gasteiger partial charge in [0.15, 0.2) is 11.6 Å². The van der Waals surface area contributed by atoms with Crippen LogP contribution in [0.2, 0.25) is 0 Å². The number of alkyl halides is 3. The first-order chi connectivity index (χ1) is 9.40. The first kappa shape index (κ1) is 15.8. The molecule has 3 nitrogen and oxygen atoms in total. The molecule has 1 aromatic carbocycles. The van der Waals surface area contributed by atoms with E-state index in [0.29, 0.717) is 11.6 Å². The Kier molecular flexibility index (Phi) is 5.13. The van der Waals surface area contributed by atoms with Gasteiger partial charge in [0, 0.05) is 10.5 Å². The second-order valence-corrected chi connectivity index (χ2v) is 7.60. The Labute approximate surface area is 137 Å². The second-order valence-electron chi connectivity index (χ2n) is 3.98. The van der Waals surface area contributed by atoms with Crippen molar-refractivity contribution in [3.63, 3.8) is 0 Å². The summed E-state index contributed by atoms with van der Waals surface area (Å²) in [7, 11) is 0. The minimum absolute atomic E-state index is 0.136. The Hall–Kier alpha value is -0.550. The maximum Gasteiger partial charge on any atom is 0.250 e. The molecule has 0 aliphatic heterocycles. The molecular formula is C13H12Cl3N3S. The van der Waals surface area contributed by atoms with E-state index in [1.807, 2.05) is 24.3 Å². The molecule has 0 bridgehead atoms. The second kappa shape index (κ2) is 6.48. The van der Waals surface area contributed by atoms with Crippen LogP contribution in [0.1, 0.15) is 18.6 Å². The molecule has 0 unspecified atom stereocenters. The standard InChI is InChI=1S/C13H12Cl3N3S/c1-3-20-10-6-4-9(5-7-10)11-17-8(2)18-12(19-11)13(14,15)16/h4-7H,3H2,1-2H3. The minimum atomic E-state index is -1.65. The fraction of sp³-hybridized carbons (Fsp3) is 0.308. The molecule has 7 heteroatoms. The number of rotatable bonds is 3. The summed E-state index contributed by atoms with van der Waals surface area (Å²) in [5.41, 5.74) is 0.867. The molecule has 0 spiro atoms. The third-order valence-electron chi connectivity index (χ3n) is 2.42.